The number of rotatable bonds is 4. The fourth-order valence-corrected chi connectivity index (χ4v) is 1.96. The maximum absolute atomic E-state index is 12.2. The molecular formula is C16H19N3O. The molecule has 0 aliphatic rings. The smallest absolute Gasteiger partial charge is 0.253 e. The molecule has 0 aromatic heterocycles. The Labute approximate surface area is 119 Å². The van der Waals surface area contributed by atoms with Crippen molar-refractivity contribution in [3.63, 3.8) is 0 Å². The summed E-state index contributed by atoms with van der Waals surface area (Å²) in [5.74, 6) is 5.31. The predicted octanol–water partition coefficient (Wildman–Crippen LogP) is 2.52. The fraction of sp³-hybridized carbons (Fsp3) is 0.188. The first-order valence-electron chi connectivity index (χ1n) is 6.51. The normalized spacial score (nSPS) is 10.2. The molecule has 104 valence electrons. The summed E-state index contributed by atoms with van der Waals surface area (Å²) in [6.45, 7) is 4.49. The molecule has 0 saturated carbocycles. The van der Waals surface area contributed by atoms with Gasteiger partial charge >= 0.3 is 0 Å². The number of benzene rings is 2. The average molecular weight is 269 g/mol. The molecule has 0 aliphatic heterocycles. The maximum Gasteiger partial charge on any atom is 0.253 e. The first-order valence-corrected chi connectivity index (χ1v) is 6.51. The van der Waals surface area contributed by atoms with Gasteiger partial charge < -0.3 is 10.7 Å². The summed E-state index contributed by atoms with van der Waals surface area (Å²) in [7, 11) is 0. The van der Waals surface area contributed by atoms with Crippen LogP contribution >= 0.6 is 0 Å². The van der Waals surface area contributed by atoms with Gasteiger partial charge in [-0.05, 0) is 37.1 Å². The zero-order valence-electron chi connectivity index (χ0n) is 11.7. The Hall–Kier alpha value is -2.33. The lowest BCUT2D eigenvalue weighted by Crippen LogP contribution is -2.24. The van der Waals surface area contributed by atoms with Crippen LogP contribution in [-0.2, 0) is 6.54 Å². The van der Waals surface area contributed by atoms with Crippen LogP contribution in [0.3, 0.4) is 0 Å². The molecule has 0 heterocycles. The zero-order chi connectivity index (χ0) is 14.5. The Morgan fingerprint density at radius 3 is 2.35 bits per heavy atom. The van der Waals surface area contributed by atoms with E-state index in [1.54, 1.807) is 6.07 Å². The van der Waals surface area contributed by atoms with Crippen LogP contribution in [0.15, 0.2) is 42.5 Å². The number of aryl methyl sites for hydroxylation is 2. The number of amides is 1. The van der Waals surface area contributed by atoms with Crippen molar-refractivity contribution in [2.75, 3.05) is 5.43 Å². The molecule has 0 aliphatic carbocycles. The van der Waals surface area contributed by atoms with Gasteiger partial charge in [-0.2, -0.15) is 0 Å². The SMILES string of the molecule is Cc1ccc(CNC(=O)c2ccc(C)cc2NN)cc1. The topological polar surface area (TPSA) is 67.2 Å². The highest BCUT2D eigenvalue weighted by Crippen LogP contribution is 2.16. The lowest BCUT2D eigenvalue weighted by Gasteiger charge is -2.10. The molecule has 0 bridgehead atoms. The highest BCUT2D eigenvalue weighted by molar-refractivity contribution is 5.99. The fourth-order valence-electron chi connectivity index (χ4n) is 1.96. The third-order valence-electron chi connectivity index (χ3n) is 3.15. The standard InChI is InChI=1S/C16H19N3O/c1-11-3-6-13(7-4-11)10-18-16(20)14-8-5-12(2)9-15(14)19-17/h3-9,19H,10,17H2,1-2H3,(H,18,20). The highest BCUT2D eigenvalue weighted by Gasteiger charge is 2.10. The van der Waals surface area contributed by atoms with E-state index in [-0.39, 0.29) is 5.91 Å². The summed E-state index contributed by atoms with van der Waals surface area (Å²) >= 11 is 0. The van der Waals surface area contributed by atoms with E-state index in [0.717, 1.165) is 11.1 Å². The minimum Gasteiger partial charge on any atom is -0.348 e. The van der Waals surface area contributed by atoms with Crippen molar-refractivity contribution < 1.29 is 4.79 Å². The number of nitrogens with two attached hydrogens (primary N) is 1. The van der Waals surface area contributed by atoms with Gasteiger partial charge in [0.15, 0.2) is 0 Å². The van der Waals surface area contributed by atoms with E-state index in [1.807, 2.05) is 50.2 Å². The van der Waals surface area contributed by atoms with Crippen molar-refractivity contribution in [3.8, 4) is 0 Å². The quantitative estimate of drug-likeness (QED) is 0.590. The summed E-state index contributed by atoms with van der Waals surface area (Å²) < 4.78 is 0. The molecule has 4 nitrogen and oxygen atoms in total. The monoisotopic (exact) mass is 269 g/mol. The number of anilines is 1. The second kappa shape index (κ2) is 6.21. The predicted molar refractivity (Wildman–Crippen MR) is 81.3 cm³/mol. The van der Waals surface area contributed by atoms with Crippen molar-refractivity contribution in [2.45, 2.75) is 20.4 Å². The van der Waals surface area contributed by atoms with E-state index in [4.69, 9.17) is 5.84 Å². The summed E-state index contributed by atoms with van der Waals surface area (Å²) in [5, 5.41) is 2.89. The third-order valence-corrected chi connectivity index (χ3v) is 3.15. The first-order chi connectivity index (χ1) is 9.60. The Bertz CT molecular complexity index is 606. The van der Waals surface area contributed by atoms with Gasteiger partial charge in [-0.25, -0.2) is 0 Å². The molecule has 0 fully saturated rings. The zero-order valence-corrected chi connectivity index (χ0v) is 11.7. The van der Waals surface area contributed by atoms with Gasteiger partial charge in [0.25, 0.3) is 5.91 Å². The van der Waals surface area contributed by atoms with Gasteiger partial charge in [0.2, 0.25) is 0 Å². The van der Waals surface area contributed by atoms with Gasteiger partial charge in [-0.1, -0.05) is 35.9 Å². The minimum atomic E-state index is -0.140. The van der Waals surface area contributed by atoms with Crippen LogP contribution in [0.25, 0.3) is 0 Å². The first kappa shape index (κ1) is 14.1. The molecule has 20 heavy (non-hydrogen) atoms. The number of hydrogen-bond donors (Lipinski definition) is 3. The van der Waals surface area contributed by atoms with Crippen molar-refractivity contribution in [1.29, 1.82) is 0 Å². The lowest BCUT2D eigenvalue weighted by atomic mass is 10.1. The van der Waals surface area contributed by atoms with Crippen molar-refractivity contribution >= 4 is 11.6 Å². The van der Waals surface area contributed by atoms with Crippen LogP contribution in [0.4, 0.5) is 5.69 Å². The minimum absolute atomic E-state index is 0.140. The Morgan fingerprint density at radius 1 is 1.05 bits per heavy atom. The van der Waals surface area contributed by atoms with Gasteiger partial charge in [0.1, 0.15) is 0 Å². The molecule has 4 heteroatoms. The molecule has 2 rings (SSSR count). The Kier molecular flexibility index (Phi) is 4.38. The summed E-state index contributed by atoms with van der Waals surface area (Å²) in [6.07, 6.45) is 0. The number of nitrogen functional groups attached to an aromatic ring is 1. The molecule has 1 amide bonds. The van der Waals surface area contributed by atoms with Crippen LogP contribution < -0.4 is 16.6 Å². The number of hydrogen-bond acceptors (Lipinski definition) is 3. The van der Waals surface area contributed by atoms with E-state index in [1.165, 1.54) is 5.56 Å². The average Bonchev–Trinajstić information content (AvgIpc) is 2.46. The van der Waals surface area contributed by atoms with E-state index in [9.17, 15) is 4.79 Å². The molecule has 0 radical (unpaired) electrons. The number of nitrogens with one attached hydrogen (secondary N) is 2. The molecule has 2 aromatic rings. The molecule has 0 atom stereocenters. The Balaban J connectivity index is 2.07. The second-order valence-corrected chi connectivity index (χ2v) is 4.86. The van der Waals surface area contributed by atoms with Crippen molar-refractivity contribution in [2.24, 2.45) is 5.84 Å². The summed E-state index contributed by atoms with van der Waals surface area (Å²) in [5.41, 5.74) is 7.06. The number of carbonyl (C=O) groups excluding carboxylic acids is 1. The van der Waals surface area contributed by atoms with Crippen LogP contribution in [0, 0.1) is 13.8 Å². The molecule has 0 saturated heterocycles. The van der Waals surface area contributed by atoms with Crippen LogP contribution in [0.5, 0.6) is 0 Å². The molecule has 0 spiro atoms. The maximum atomic E-state index is 12.2. The van der Waals surface area contributed by atoms with Gasteiger partial charge in [0.05, 0.1) is 11.3 Å². The highest BCUT2D eigenvalue weighted by atomic mass is 16.1. The number of hydrazine groups is 1. The summed E-state index contributed by atoms with van der Waals surface area (Å²) in [4.78, 5) is 12.2. The van der Waals surface area contributed by atoms with Gasteiger partial charge in [-0.15, -0.1) is 0 Å². The lowest BCUT2D eigenvalue weighted by molar-refractivity contribution is 0.0951. The van der Waals surface area contributed by atoms with Gasteiger partial charge in [0, 0.05) is 6.54 Å². The van der Waals surface area contributed by atoms with E-state index < -0.39 is 0 Å². The van der Waals surface area contributed by atoms with Crippen LogP contribution in [0.1, 0.15) is 27.0 Å². The van der Waals surface area contributed by atoms with Crippen molar-refractivity contribution in [1.82, 2.24) is 5.32 Å². The molecule has 0 unspecified atom stereocenters. The van der Waals surface area contributed by atoms with Crippen LogP contribution in [0.2, 0.25) is 0 Å². The molecule has 2 aromatic carbocycles. The molecule has 4 N–H and O–H groups in total. The third kappa shape index (κ3) is 3.36. The summed E-state index contributed by atoms with van der Waals surface area (Å²) in [6, 6.07) is 13.6. The van der Waals surface area contributed by atoms with Crippen molar-refractivity contribution in [3.05, 3.63) is 64.7 Å². The van der Waals surface area contributed by atoms with Gasteiger partial charge in [-0.3, -0.25) is 10.6 Å². The second-order valence-electron chi connectivity index (χ2n) is 4.86. The number of carbonyl (C=O) groups is 1. The van der Waals surface area contributed by atoms with E-state index in [0.29, 0.717) is 17.8 Å². The van der Waals surface area contributed by atoms with Crippen LogP contribution in [-0.4, -0.2) is 5.91 Å². The van der Waals surface area contributed by atoms with E-state index >= 15 is 0 Å². The van der Waals surface area contributed by atoms with E-state index in [2.05, 4.69) is 10.7 Å². The molecular weight excluding hydrogens is 250 g/mol. The Morgan fingerprint density at radius 2 is 1.70 bits per heavy atom. The largest absolute Gasteiger partial charge is 0.348 e.